The Balaban J connectivity index is 0.000000192. The molecule has 2 aliphatic rings. The van der Waals surface area contributed by atoms with Gasteiger partial charge in [-0.25, -0.2) is 9.97 Å². The van der Waals surface area contributed by atoms with Crippen LogP contribution in [0.5, 0.6) is 34.8 Å². The first-order chi connectivity index (χ1) is 30.9. The number of piperazine rings is 2. The Hall–Kier alpha value is -6.86. The minimum absolute atomic E-state index is 0.0719. The molecule has 0 radical (unpaired) electrons. The molecular formula is C44H48Cl2N12O6. The fourth-order valence-electron chi connectivity index (χ4n) is 6.76. The highest BCUT2D eigenvalue weighted by Crippen LogP contribution is 2.36. The fraction of sp³-hybridized carbons (Fsp3) is 0.273. The van der Waals surface area contributed by atoms with Crippen LogP contribution in [0.4, 0.5) is 46.0 Å². The number of non-ortho nitro benzene ring substituents is 1. The molecule has 8 rings (SSSR count). The zero-order valence-electron chi connectivity index (χ0n) is 35.7. The lowest BCUT2D eigenvalue weighted by Gasteiger charge is -2.34. The maximum absolute atomic E-state index is 11.0. The lowest BCUT2D eigenvalue weighted by atomic mass is 10.2. The summed E-state index contributed by atoms with van der Waals surface area (Å²) in [5.41, 5.74) is 9.93. The Morgan fingerprint density at radius 2 is 1.09 bits per heavy atom. The summed E-state index contributed by atoms with van der Waals surface area (Å²) in [6, 6.07) is 24.8. The molecule has 0 atom stereocenters. The highest BCUT2D eigenvalue weighted by Gasteiger charge is 2.19. The monoisotopic (exact) mass is 910 g/mol. The first kappa shape index (κ1) is 45.2. The molecule has 0 amide bonds. The van der Waals surface area contributed by atoms with Crippen molar-refractivity contribution in [2.75, 3.05) is 107 Å². The summed E-state index contributed by atoms with van der Waals surface area (Å²) >= 11 is 12.4. The second kappa shape index (κ2) is 21.0. The molecule has 20 heteroatoms. The van der Waals surface area contributed by atoms with E-state index in [0.717, 1.165) is 69.4 Å². The van der Waals surface area contributed by atoms with Gasteiger partial charge in [-0.3, -0.25) is 10.1 Å². The standard InChI is InChI=1S/C22H23ClN6O4.C22H25ClN6O2/c1-27-8-10-28(11-9-27)15-6-7-19(20(13-15)32-2)25-22-24-14-18(23)21(26-22)33-17-5-3-4-16(12-17)29(30)31;1-28-8-10-29(11-9-28)16-6-7-19(20(13-16)30-2)26-22-25-14-18(23)21(27-22)31-17-5-3-4-15(24)12-17/h3-7,12-14H,8-11H2,1-2H3,(H,24,25,26);3-7,12-14H,8-11,24H2,1-2H3,(H,25,26,27). The molecule has 0 bridgehead atoms. The van der Waals surface area contributed by atoms with E-state index >= 15 is 0 Å². The molecule has 0 saturated carbocycles. The van der Waals surface area contributed by atoms with Gasteiger partial charge in [-0.05, 0) is 56.6 Å². The van der Waals surface area contributed by atoms with Gasteiger partial charge in [0.15, 0.2) is 0 Å². The number of anilines is 7. The molecule has 6 aromatic rings. The van der Waals surface area contributed by atoms with Crippen molar-refractivity contribution in [1.82, 2.24) is 29.7 Å². The number of halogens is 2. The second-order valence-electron chi connectivity index (χ2n) is 14.8. The van der Waals surface area contributed by atoms with Gasteiger partial charge in [-0.1, -0.05) is 35.3 Å². The molecule has 0 aliphatic carbocycles. The highest BCUT2D eigenvalue weighted by molar-refractivity contribution is 6.32. The van der Waals surface area contributed by atoms with Crippen molar-refractivity contribution in [3.05, 3.63) is 117 Å². The number of nitro benzene ring substituents is 1. The predicted molar refractivity (Wildman–Crippen MR) is 250 cm³/mol. The van der Waals surface area contributed by atoms with Crippen molar-refractivity contribution in [2.45, 2.75) is 0 Å². The molecule has 4 N–H and O–H groups in total. The first-order valence-electron chi connectivity index (χ1n) is 20.2. The van der Waals surface area contributed by atoms with Crippen molar-refractivity contribution in [1.29, 1.82) is 0 Å². The molecular weight excluding hydrogens is 863 g/mol. The smallest absolute Gasteiger partial charge is 0.273 e. The van der Waals surface area contributed by atoms with Crippen LogP contribution in [0.15, 0.2) is 97.3 Å². The van der Waals surface area contributed by atoms with Gasteiger partial charge >= 0.3 is 0 Å². The van der Waals surface area contributed by atoms with Crippen LogP contribution in [0, 0.1) is 10.1 Å². The van der Waals surface area contributed by atoms with Gasteiger partial charge in [0.25, 0.3) is 5.69 Å². The minimum Gasteiger partial charge on any atom is -0.494 e. The van der Waals surface area contributed by atoms with Gasteiger partial charge in [0, 0.05) is 93.7 Å². The third-order valence-electron chi connectivity index (χ3n) is 10.3. The van der Waals surface area contributed by atoms with E-state index in [-0.39, 0.29) is 34.2 Å². The maximum Gasteiger partial charge on any atom is 0.273 e. The van der Waals surface area contributed by atoms with E-state index in [1.54, 1.807) is 44.6 Å². The first-order valence-corrected chi connectivity index (χ1v) is 21.0. The molecule has 0 spiro atoms. The molecule has 64 heavy (non-hydrogen) atoms. The van der Waals surface area contributed by atoms with E-state index in [4.69, 9.17) is 47.9 Å². The van der Waals surface area contributed by atoms with Crippen molar-refractivity contribution in [3.63, 3.8) is 0 Å². The highest BCUT2D eigenvalue weighted by atomic mass is 35.5. The number of rotatable bonds is 13. The SMILES string of the molecule is COc1cc(N2CCN(C)CC2)ccc1Nc1ncc(Cl)c(Oc2cccc(N)c2)n1.COc1cc(N2CCN(C)CC2)ccc1Nc1ncc(Cl)c(Oc2cccc([N+](=O)[O-])c2)n1. The van der Waals surface area contributed by atoms with Crippen LogP contribution in [0.2, 0.25) is 10.0 Å². The van der Waals surface area contributed by atoms with E-state index < -0.39 is 4.92 Å². The number of nitrogen functional groups attached to an aromatic ring is 1. The largest absolute Gasteiger partial charge is 0.494 e. The molecule has 4 heterocycles. The molecule has 2 saturated heterocycles. The topological polar surface area (TPSA) is 195 Å². The average molecular weight is 912 g/mol. The van der Waals surface area contributed by atoms with Crippen molar-refractivity contribution < 1.29 is 23.9 Å². The van der Waals surface area contributed by atoms with Gasteiger partial charge in [0.05, 0.1) is 49.0 Å². The van der Waals surface area contributed by atoms with Gasteiger partial charge in [0.1, 0.15) is 33.0 Å². The third kappa shape index (κ3) is 11.8. The van der Waals surface area contributed by atoms with Gasteiger partial charge in [-0.2, -0.15) is 9.97 Å². The summed E-state index contributed by atoms with van der Waals surface area (Å²) in [5.74, 6) is 3.02. The molecule has 18 nitrogen and oxygen atoms in total. The summed E-state index contributed by atoms with van der Waals surface area (Å²) < 4.78 is 22.6. The van der Waals surface area contributed by atoms with Crippen LogP contribution in [-0.4, -0.2) is 115 Å². The summed E-state index contributed by atoms with van der Waals surface area (Å²) in [6.07, 6.45) is 2.89. The van der Waals surface area contributed by atoms with Crippen molar-refractivity contribution in [3.8, 4) is 34.8 Å². The summed E-state index contributed by atoms with van der Waals surface area (Å²) in [6.45, 7) is 7.96. The zero-order chi connectivity index (χ0) is 45.2. The fourth-order valence-corrected chi connectivity index (χ4v) is 7.02. The number of hydrogen-bond acceptors (Lipinski definition) is 17. The van der Waals surface area contributed by atoms with Crippen molar-refractivity contribution in [2.24, 2.45) is 0 Å². The van der Waals surface area contributed by atoms with Crippen LogP contribution in [-0.2, 0) is 0 Å². The number of nitrogens with one attached hydrogen (secondary N) is 2. The Morgan fingerprint density at radius 1 is 0.641 bits per heavy atom. The molecule has 0 unspecified atom stereocenters. The van der Waals surface area contributed by atoms with E-state index in [1.807, 2.05) is 30.3 Å². The summed E-state index contributed by atoms with van der Waals surface area (Å²) in [4.78, 5) is 37.0. The van der Waals surface area contributed by atoms with Crippen LogP contribution >= 0.6 is 23.2 Å². The zero-order valence-corrected chi connectivity index (χ0v) is 37.2. The second-order valence-corrected chi connectivity index (χ2v) is 15.6. The number of benzene rings is 4. The van der Waals surface area contributed by atoms with Crippen LogP contribution in [0.1, 0.15) is 0 Å². The van der Waals surface area contributed by atoms with Gasteiger partial charge in [-0.15, -0.1) is 0 Å². The van der Waals surface area contributed by atoms with Crippen LogP contribution in [0.3, 0.4) is 0 Å². The average Bonchev–Trinajstić information content (AvgIpc) is 3.30. The summed E-state index contributed by atoms with van der Waals surface area (Å²) in [5, 5.41) is 17.8. The van der Waals surface area contributed by atoms with E-state index in [0.29, 0.717) is 39.6 Å². The number of hydrogen-bond donors (Lipinski definition) is 3. The van der Waals surface area contributed by atoms with E-state index in [9.17, 15) is 10.1 Å². The lowest BCUT2D eigenvalue weighted by molar-refractivity contribution is -0.384. The van der Waals surface area contributed by atoms with Gasteiger partial charge < -0.3 is 54.9 Å². The van der Waals surface area contributed by atoms with Crippen LogP contribution in [0.25, 0.3) is 0 Å². The van der Waals surface area contributed by atoms with E-state index in [2.05, 4.69) is 70.3 Å². The van der Waals surface area contributed by atoms with Crippen molar-refractivity contribution >= 4 is 69.2 Å². The number of likely N-dealkylation sites (N-methyl/N-ethyl adjacent to an activating group) is 2. The number of methoxy groups -OCH3 is 2. The Kier molecular flexibility index (Phi) is 14.8. The molecule has 4 aromatic carbocycles. The molecule has 334 valence electrons. The predicted octanol–water partition coefficient (Wildman–Crippen LogP) is 8.34. The quantitative estimate of drug-likeness (QED) is 0.0568. The summed E-state index contributed by atoms with van der Waals surface area (Å²) in [7, 11) is 7.51. The number of nitro groups is 1. The third-order valence-corrected chi connectivity index (χ3v) is 10.9. The molecule has 2 fully saturated rings. The Labute approximate surface area is 380 Å². The minimum atomic E-state index is -0.500. The number of nitrogens with zero attached hydrogens (tertiary/aromatic N) is 9. The van der Waals surface area contributed by atoms with Gasteiger partial charge in [0.2, 0.25) is 23.7 Å². The molecule has 2 aliphatic heterocycles. The lowest BCUT2D eigenvalue weighted by Crippen LogP contribution is -2.44. The van der Waals surface area contributed by atoms with E-state index in [1.165, 1.54) is 30.6 Å². The number of nitrogens with two attached hydrogens (primary N) is 1. The number of aromatic nitrogens is 4. The molecule has 2 aromatic heterocycles. The number of ether oxygens (including phenoxy) is 4. The Morgan fingerprint density at radius 3 is 1.53 bits per heavy atom. The normalized spacial score (nSPS) is 14.2. The Bertz CT molecular complexity index is 2560. The maximum atomic E-state index is 11.0. The van der Waals surface area contributed by atoms with Crippen LogP contribution < -0.4 is 45.1 Å².